The molecule has 1 aromatic heterocycles. The summed E-state index contributed by atoms with van der Waals surface area (Å²) in [6.07, 6.45) is 1.52. The van der Waals surface area contributed by atoms with E-state index < -0.39 is 4.92 Å². The summed E-state index contributed by atoms with van der Waals surface area (Å²) in [5, 5.41) is 14.5. The molecule has 6 nitrogen and oxygen atoms in total. The number of nitrogens with zero attached hydrogens (tertiary/aromatic N) is 2. The van der Waals surface area contributed by atoms with Crippen molar-refractivity contribution in [3.63, 3.8) is 0 Å². The molecule has 0 amide bonds. The molecule has 2 aromatic rings. The Bertz CT molecular complexity index is 605. The number of hydrazone groups is 1. The van der Waals surface area contributed by atoms with Gasteiger partial charge in [-0.05, 0) is 28.1 Å². The van der Waals surface area contributed by atoms with Crippen molar-refractivity contribution in [3.8, 4) is 0 Å². The average molecular weight is 436 g/mol. The Hall–Kier alpha value is -1.42. The van der Waals surface area contributed by atoms with Gasteiger partial charge in [0.25, 0.3) is 5.69 Å². The third-order valence-corrected chi connectivity index (χ3v) is 4.26. The molecule has 0 fully saturated rings. The van der Waals surface area contributed by atoms with Crippen molar-refractivity contribution in [1.82, 2.24) is 0 Å². The van der Waals surface area contributed by atoms with E-state index in [4.69, 9.17) is 4.42 Å². The van der Waals surface area contributed by atoms with Gasteiger partial charge in [0.15, 0.2) is 3.77 Å². The molecule has 0 radical (unpaired) electrons. The van der Waals surface area contributed by atoms with Crippen LogP contribution in [0.2, 0.25) is 0 Å². The first-order valence-corrected chi connectivity index (χ1v) is 6.92. The molecule has 0 unspecified atom stereocenters. The molecule has 0 bridgehead atoms. The van der Waals surface area contributed by atoms with Crippen molar-refractivity contribution in [2.24, 2.45) is 5.10 Å². The molecule has 0 saturated carbocycles. The van der Waals surface area contributed by atoms with Gasteiger partial charge >= 0.3 is 0 Å². The maximum absolute atomic E-state index is 10.5. The van der Waals surface area contributed by atoms with Crippen LogP contribution in [0.5, 0.6) is 0 Å². The van der Waals surface area contributed by atoms with Gasteiger partial charge in [0.1, 0.15) is 5.76 Å². The molecule has 0 aliphatic rings. The lowest BCUT2D eigenvalue weighted by atomic mass is 10.3. The van der Waals surface area contributed by atoms with E-state index in [2.05, 4.69) is 49.0 Å². The van der Waals surface area contributed by atoms with Gasteiger partial charge < -0.3 is 4.42 Å². The molecule has 19 heavy (non-hydrogen) atoms. The zero-order chi connectivity index (χ0) is 13.8. The van der Waals surface area contributed by atoms with Gasteiger partial charge in [-0.25, -0.2) is 0 Å². The number of halogens is 2. The standard InChI is InChI=1S/C11H7BrIN3O3/c12-10-5-9(19-11(10)13)6-14-15-7-1-3-8(4-2-7)16(17)18/h1-6,15H. The van der Waals surface area contributed by atoms with Gasteiger partial charge in [0.2, 0.25) is 0 Å². The van der Waals surface area contributed by atoms with Crippen LogP contribution in [0, 0.1) is 13.9 Å². The predicted molar refractivity (Wildman–Crippen MR) is 83.4 cm³/mol. The Labute approximate surface area is 130 Å². The Morgan fingerprint density at radius 1 is 1.42 bits per heavy atom. The lowest BCUT2D eigenvalue weighted by Gasteiger charge is -1.98. The van der Waals surface area contributed by atoms with Gasteiger partial charge in [-0.3, -0.25) is 15.5 Å². The Balaban J connectivity index is 2.00. The molecule has 0 aliphatic heterocycles. The van der Waals surface area contributed by atoms with Crippen LogP contribution in [0.1, 0.15) is 5.76 Å². The number of benzene rings is 1. The number of anilines is 1. The fourth-order valence-corrected chi connectivity index (χ4v) is 1.97. The van der Waals surface area contributed by atoms with E-state index >= 15 is 0 Å². The van der Waals surface area contributed by atoms with Crippen LogP contribution in [0.15, 0.2) is 44.3 Å². The number of nitrogens with one attached hydrogen (secondary N) is 1. The highest BCUT2D eigenvalue weighted by atomic mass is 127. The van der Waals surface area contributed by atoms with Crippen molar-refractivity contribution in [1.29, 1.82) is 0 Å². The fraction of sp³-hybridized carbons (Fsp3) is 0. The molecule has 0 aliphatic carbocycles. The summed E-state index contributed by atoms with van der Waals surface area (Å²) >= 11 is 5.39. The monoisotopic (exact) mass is 435 g/mol. The van der Waals surface area contributed by atoms with Gasteiger partial charge in [-0.15, -0.1) is 0 Å². The maximum atomic E-state index is 10.5. The minimum atomic E-state index is -0.449. The van der Waals surface area contributed by atoms with Crippen LogP contribution < -0.4 is 5.43 Å². The highest BCUT2D eigenvalue weighted by Crippen LogP contribution is 2.22. The van der Waals surface area contributed by atoms with Crippen LogP contribution in [-0.2, 0) is 0 Å². The largest absolute Gasteiger partial charge is 0.448 e. The number of nitro groups is 1. The third kappa shape index (κ3) is 3.77. The summed E-state index contributed by atoms with van der Waals surface area (Å²) < 4.78 is 6.97. The first-order valence-electron chi connectivity index (χ1n) is 5.04. The Morgan fingerprint density at radius 2 is 2.11 bits per heavy atom. The van der Waals surface area contributed by atoms with E-state index in [-0.39, 0.29) is 5.69 Å². The minimum Gasteiger partial charge on any atom is -0.448 e. The average Bonchev–Trinajstić information content (AvgIpc) is 2.69. The third-order valence-electron chi connectivity index (χ3n) is 2.13. The molecule has 2 rings (SSSR count). The van der Waals surface area contributed by atoms with E-state index in [1.54, 1.807) is 18.2 Å². The van der Waals surface area contributed by atoms with E-state index in [0.29, 0.717) is 11.4 Å². The molecule has 0 spiro atoms. The van der Waals surface area contributed by atoms with Crippen molar-refractivity contribution >= 4 is 56.1 Å². The van der Waals surface area contributed by atoms with Crippen molar-refractivity contribution in [2.45, 2.75) is 0 Å². The highest BCUT2D eigenvalue weighted by molar-refractivity contribution is 14.1. The summed E-state index contributed by atoms with van der Waals surface area (Å²) in [4.78, 5) is 10.0. The van der Waals surface area contributed by atoms with Gasteiger partial charge in [0.05, 0.1) is 21.3 Å². The summed E-state index contributed by atoms with van der Waals surface area (Å²) in [5.41, 5.74) is 3.45. The quantitative estimate of drug-likeness (QED) is 0.340. The molecule has 0 atom stereocenters. The van der Waals surface area contributed by atoms with Crippen LogP contribution in [0.25, 0.3) is 0 Å². The van der Waals surface area contributed by atoms with Crippen LogP contribution in [-0.4, -0.2) is 11.1 Å². The Kier molecular flexibility index (Phi) is 4.53. The van der Waals surface area contributed by atoms with Crippen molar-refractivity contribution in [3.05, 3.63) is 54.4 Å². The van der Waals surface area contributed by atoms with E-state index in [0.717, 1.165) is 8.24 Å². The van der Waals surface area contributed by atoms with Gasteiger partial charge in [-0.1, -0.05) is 0 Å². The zero-order valence-corrected chi connectivity index (χ0v) is 13.1. The second-order valence-corrected chi connectivity index (χ2v) is 5.28. The fourth-order valence-electron chi connectivity index (χ4n) is 1.26. The van der Waals surface area contributed by atoms with E-state index in [1.807, 2.05) is 0 Å². The van der Waals surface area contributed by atoms with E-state index in [9.17, 15) is 10.1 Å². The SMILES string of the molecule is O=[N+]([O-])c1ccc(NN=Cc2cc(Br)c(I)o2)cc1. The number of non-ortho nitro benzene ring substituents is 1. The second-order valence-electron chi connectivity index (χ2n) is 3.44. The lowest BCUT2D eigenvalue weighted by Crippen LogP contribution is -1.91. The summed E-state index contributed by atoms with van der Waals surface area (Å²) in [6.45, 7) is 0. The smallest absolute Gasteiger partial charge is 0.269 e. The van der Waals surface area contributed by atoms with Crippen molar-refractivity contribution < 1.29 is 9.34 Å². The molecular weight excluding hydrogens is 429 g/mol. The van der Waals surface area contributed by atoms with Crippen LogP contribution in [0.3, 0.4) is 0 Å². The molecule has 8 heteroatoms. The zero-order valence-electron chi connectivity index (χ0n) is 9.34. The highest BCUT2D eigenvalue weighted by Gasteiger charge is 2.04. The Morgan fingerprint density at radius 3 is 2.63 bits per heavy atom. The minimum absolute atomic E-state index is 0.0408. The molecule has 1 heterocycles. The number of nitro benzene ring substituents is 1. The molecular formula is C11H7BrIN3O3. The summed E-state index contributed by atoms with van der Waals surface area (Å²) in [7, 11) is 0. The molecule has 1 aromatic carbocycles. The number of furan rings is 1. The first kappa shape index (κ1) is 14.0. The van der Waals surface area contributed by atoms with Crippen LogP contribution >= 0.6 is 38.5 Å². The summed E-state index contributed by atoms with van der Waals surface area (Å²) in [5.74, 6) is 0.602. The maximum Gasteiger partial charge on any atom is 0.269 e. The number of hydrogen-bond donors (Lipinski definition) is 1. The predicted octanol–water partition coefficient (Wildman–Crippen LogP) is 4.00. The number of hydrogen-bond acceptors (Lipinski definition) is 5. The molecule has 0 saturated heterocycles. The molecule has 1 N–H and O–H groups in total. The topological polar surface area (TPSA) is 80.7 Å². The van der Waals surface area contributed by atoms with E-state index in [1.165, 1.54) is 18.3 Å². The number of rotatable bonds is 4. The normalized spacial score (nSPS) is 10.8. The summed E-state index contributed by atoms with van der Waals surface area (Å²) in [6, 6.07) is 7.77. The van der Waals surface area contributed by atoms with Crippen molar-refractivity contribution in [2.75, 3.05) is 5.43 Å². The molecule has 98 valence electrons. The van der Waals surface area contributed by atoms with Gasteiger partial charge in [0, 0.05) is 40.8 Å². The lowest BCUT2D eigenvalue weighted by molar-refractivity contribution is -0.384. The van der Waals surface area contributed by atoms with Crippen LogP contribution in [0.4, 0.5) is 11.4 Å². The first-order chi connectivity index (χ1) is 9.06. The van der Waals surface area contributed by atoms with Gasteiger partial charge in [-0.2, -0.15) is 5.10 Å². The second kappa shape index (κ2) is 6.15.